The molecule has 0 radical (unpaired) electrons. The Hall–Kier alpha value is -1.87. The zero-order chi connectivity index (χ0) is 14.8. The number of hydrogen-bond donors (Lipinski definition) is 1. The lowest BCUT2D eigenvalue weighted by Gasteiger charge is -2.13. The molecule has 2 aromatic carbocycles. The van der Waals surface area contributed by atoms with Gasteiger partial charge in [-0.15, -0.1) is 0 Å². The monoisotopic (exact) mass is 285 g/mol. The summed E-state index contributed by atoms with van der Waals surface area (Å²) in [7, 11) is 1.67. The van der Waals surface area contributed by atoms with Crippen LogP contribution in [0.2, 0.25) is 0 Å². The van der Waals surface area contributed by atoms with E-state index in [1.54, 1.807) is 13.2 Å². The Morgan fingerprint density at radius 3 is 2.67 bits per heavy atom. The molecular formula is C18H20FNO. The van der Waals surface area contributed by atoms with E-state index in [0.29, 0.717) is 12.6 Å². The zero-order valence-electron chi connectivity index (χ0n) is 12.4. The molecule has 21 heavy (non-hydrogen) atoms. The maximum atomic E-state index is 13.6. The number of aryl methyl sites for hydroxylation is 1. The van der Waals surface area contributed by atoms with Crippen molar-refractivity contribution in [3.63, 3.8) is 0 Å². The highest BCUT2D eigenvalue weighted by molar-refractivity contribution is 5.69. The lowest BCUT2D eigenvalue weighted by atomic mass is 9.97. The summed E-state index contributed by atoms with van der Waals surface area (Å²) in [6.45, 7) is 2.73. The van der Waals surface area contributed by atoms with Crippen molar-refractivity contribution in [3.05, 3.63) is 53.3 Å². The molecule has 1 aliphatic rings. The van der Waals surface area contributed by atoms with Gasteiger partial charge in [-0.3, -0.25) is 0 Å². The van der Waals surface area contributed by atoms with E-state index in [4.69, 9.17) is 4.74 Å². The van der Waals surface area contributed by atoms with E-state index in [9.17, 15) is 4.39 Å². The molecule has 0 aliphatic heterocycles. The van der Waals surface area contributed by atoms with Gasteiger partial charge in [-0.05, 0) is 66.3 Å². The van der Waals surface area contributed by atoms with Crippen molar-refractivity contribution >= 4 is 0 Å². The Labute approximate surface area is 125 Å². The molecule has 0 spiro atoms. The second-order valence-electron chi connectivity index (χ2n) is 5.64. The summed E-state index contributed by atoms with van der Waals surface area (Å²) in [4.78, 5) is 0. The second-order valence-corrected chi connectivity index (χ2v) is 5.64. The largest absolute Gasteiger partial charge is 0.496 e. The average Bonchev–Trinajstić information content (AvgIpc) is 3.29. The van der Waals surface area contributed by atoms with E-state index in [-0.39, 0.29) is 5.82 Å². The van der Waals surface area contributed by atoms with Crippen molar-refractivity contribution in [2.75, 3.05) is 7.11 Å². The lowest BCUT2D eigenvalue weighted by Crippen LogP contribution is -2.16. The van der Waals surface area contributed by atoms with Crippen molar-refractivity contribution in [2.24, 2.45) is 0 Å². The van der Waals surface area contributed by atoms with Crippen molar-refractivity contribution in [1.82, 2.24) is 5.32 Å². The van der Waals surface area contributed by atoms with Crippen LogP contribution in [0.5, 0.6) is 5.75 Å². The number of halogens is 1. The van der Waals surface area contributed by atoms with Crippen LogP contribution in [0.25, 0.3) is 11.1 Å². The fourth-order valence-electron chi connectivity index (χ4n) is 2.58. The third-order valence-corrected chi connectivity index (χ3v) is 3.93. The Bertz CT molecular complexity index is 650. The molecule has 3 rings (SSSR count). The maximum absolute atomic E-state index is 13.6. The van der Waals surface area contributed by atoms with E-state index in [1.807, 2.05) is 25.1 Å². The van der Waals surface area contributed by atoms with Gasteiger partial charge in [0.1, 0.15) is 11.6 Å². The Kier molecular flexibility index (Phi) is 3.93. The molecule has 0 heterocycles. The number of methoxy groups -OCH3 is 1. The van der Waals surface area contributed by atoms with Crippen LogP contribution in [0.1, 0.15) is 24.0 Å². The van der Waals surface area contributed by atoms with E-state index in [0.717, 1.165) is 28.0 Å². The standard InChI is InChI=1S/C18H20FNO/c1-12-9-13(3-8-18(12)21-2)17-7-4-15(19)10-14(17)11-20-16-5-6-16/h3-4,7-10,16,20H,5-6,11H2,1-2H3. The summed E-state index contributed by atoms with van der Waals surface area (Å²) in [5.41, 5.74) is 4.27. The molecule has 0 unspecified atom stereocenters. The minimum atomic E-state index is -0.184. The third-order valence-electron chi connectivity index (χ3n) is 3.93. The van der Waals surface area contributed by atoms with E-state index in [2.05, 4.69) is 11.4 Å². The van der Waals surface area contributed by atoms with Crippen LogP contribution in [0.4, 0.5) is 4.39 Å². The van der Waals surface area contributed by atoms with Crippen molar-refractivity contribution in [3.8, 4) is 16.9 Å². The van der Waals surface area contributed by atoms with Crippen LogP contribution in [-0.4, -0.2) is 13.2 Å². The predicted octanol–water partition coefficient (Wildman–Crippen LogP) is 4.06. The molecule has 1 saturated carbocycles. The van der Waals surface area contributed by atoms with Gasteiger partial charge < -0.3 is 10.1 Å². The molecule has 0 aromatic heterocycles. The first-order valence-electron chi connectivity index (χ1n) is 7.34. The number of hydrogen-bond acceptors (Lipinski definition) is 2. The van der Waals surface area contributed by atoms with Crippen LogP contribution >= 0.6 is 0 Å². The summed E-state index contributed by atoms with van der Waals surface area (Å²) in [5.74, 6) is 0.690. The normalized spacial score (nSPS) is 14.2. The van der Waals surface area contributed by atoms with Crippen LogP contribution in [-0.2, 0) is 6.54 Å². The summed E-state index contributed by atoms with van der Waals surface area (Å²) < 4.78 is 18.9. The summed E-state index contributed by atoms with van der Waals surface area (Å²) in [5, 5.41) is 3.46. The predicted molar refractivity (Wildman–Crippen MR) is 83.0 cm³/mol. The molecule has 3 heteroatoms. The topological polar surface area (TPSA) is 21.3 Å². The van der Waals surface area contributed by atoms with Gasteiger partial charge in [-0.1, -0.05) is 12.1 Å². The van der Waals surface area contributed by atoms with Crippen molar-refractivity contribution < 1.29 is 9.13 Å². The maximum Gasteiger partial charge on any atom is 0.123 e. The molecule has 110 valence electrons. The molecule has 1 fully saturated rings. The van der Waals surface area contributed by atoms with Gasteiger partial charge >= 0.3 is 0 Å². The number of nitrogens with one attached hydrogen (secondary N) is 1. The Morgan fingerprint density at radius 2 is 2.00 bits per heavy atom. The summed E-state index contributed by atoms with van der Waals surface area (Å²) in [6, 6.07) is 11.7. The Balaban J connectivity index is 1.93. The molecule has 0 atom stereocenters. The first-order valence-corrected chi connectivity index (χ1v) is 7.34. The highest BCUT2D eigenvalue weighted by atomic mass is 19.1. The van der Waals surface area contributed by atoms with E-state index < -0.39 is 0 Å². The molecular weight excluding hydrogens is 265 g/mol. The van der Waals surface area contributed by atoms with Gasteiger partial charge in [0.05, 0.1) is 7.11 Å². The number of rotatable bonds is 5. The van der Waals surface area contributed by atoms with Gasteiger partial charge in [-0.2, -0.15) is 0 Å². The minimum absolute atomic E-state index is 0.184. The SMILES string of the molecule is COc1ccc(-c2ccc(F)cc2CNC2CC2)cc1C. The van der Waals surface area contributed by atoms with Crippen LogP contribution in [0.3, 0.4) is 0 Å². The molecule has 0 saturated heterocycles. The lowest BCUT2D eigenvalue weighted by molar-refractivity contribution is 0.412. The summed E-state index contributed by atoms with van der Waals surface area (Å²) >= 11 is 0. The van der Waals surface area contributed by atoms with Gasteiger partial charge in [0.15, 0.2) is 0 Å². The van der Waals surface area contributed by atoms with Crippen LogP contribution in [0, 0.1) is 12.7 Å². The fourth-order valence-corrected chi connectivity index (χ4v) is 2.58. The average molecular weight is 285 g/mol. The van der Waals surface area contributed by atoms with Gasteiger partial charge in [-0.25, -0.2) is 4.39 Å². The van der Waals surface area contributed by atoms with Crippen LogP contribution in [0.15, 0.2) is 36.4 Å². The smallest absolute Gasteiger partial charge is 0.123 e. The van der Waals surface area contributed by atoms with Crippen LogP contribution < -0.4 is 10.1 Å². The van der Waals surface area contributed by atoms with Gasteiger partial charge in [0, 0.05) is 12.6 Å². The highest BCUT2D eigenvalue weighted by Crippen LogP contribution is 2.29. The molecule has 0 bridgehead atoms. The van der Waals surface area contributed by atoms with E-state index >= 15 is 0 Å². The molecule has 2 aromatic rings. The minimum Gasteiger partial charge on any atom is -0.496 e. The Morgan fingerprint density at radius 1 is 1.19 bits per heavy atom. The first-order chi connectivity index (χ1) is 10.2. The molecule has 1 N–H and O–H groups in total. The van der Waals surface area contributed by atoms with E-state index in [1.165, 1.54) is 18.9 Å². The van der Waals surface area contributed by atoms with Crippen molar-refractivity contribution in [1.29, 1.82) is 0 Å². The fraction of sp³-hybridized carbons (Fsp3) is 0.333. The summed E-state index contributed by atoms with van der Waals surface area (Å²) in [6.07, 6.45) is 2.46. The first kappa shape index (κ1) is 14.1. The van der Waals surface area contributed by atoms with Gasteiger partial charge in [0.25, 0.3) is 0 Å². The third kappa shape index (κ3) is 3.24. The van der Waals surface area contributed by atoms with Crippen molar-refractivity contribution in [2.45, 2.75) is 32.4 Å². The molecule has 0 amide bonds. The number of benzene rings is 2. The number of ether oxygens (including phenoxy) is 1. The molecule has 2 nitrogen and oxygen atoms in total. The highest BCUT2D eigenvalue weighted by Gasteiger charge is 2.20. The quantitative estimate of drug-likeness (QED) is 0.894. The zero-order valence-corrected chi connectivity index (χ0v) is 12.4. The van der Waals surface area contributed by atoms with Gasteiger partial charge in [0.2, 0.25) is 0 Å². The molecule has 1 aliphatic carbocycles. The second kappa shape index (κ2) is 5.86.